The molecule has 1 aliphatic heterocycles. The summed E-state index contributed by atoms with van der Waals surface area (Å²) in [6.07, 6.45) is 1.66. The van der Waals surface area contributed by atoms with Crippen LogP contribution in [0.15, 0.2) is 42.6 Å². The summed E-state index contributed by atoms with van der Waals surface area (Å²) in [4.78, 5) is 30.7. The van der Waals surface area contributed by atoms with Crippen molar-refractivity contribution in [3.63, 3.8) is 0 Å². The normalized spacial score (nSPS) is 16.6. The maximum atomic E-state index is 14.5. The van der Waals surface area contributed by atoms with Crippen molar-refractivity contribution >= 4 is 23.1 Å². The van der Waals surface area contributed by atoms with Crippen LogP contribution in [0.25, 0.3) is 5.65 Å². The van der Waals surface area contributed by atoms with Crippen LogP contribution in [0.4, 0.5) is 10.1 Å². The van der Waals surface area contributed by atoms with Gasteiger partial charge in [-0.05, 0) is 36.8 Å². The molecule has 1 atom stereocenters. The van der Waals surface area contributed by atoms with Crippen molar-refractivity contribution in [3.8, 4) is 5.75 Å². The number of fused-ring (bicyclic) bond motifs is 1. The van der Waals surface area contributed by atoms with Gasteiger partial charge in [0.25, 0.3) is 5.91 Å². The van der Waals surface area contributed by atoms with Crippen molar-refractivity contribution < 1.29 is 18.7 Å². The molecule has 0 unspecified atom stereocenters. The lowest BCUT2D eigenvalue weighted by atomic mass is 10.2. The van der Waals surface area contributed by atoms with Crippen molar-refractivity contribution in [1.82, 2.24) is 14.7 Å². The molecule has 0 saturated carbocycles. The molecule has 1 aromatic carbocycles. The molecule has 0 aliphatic carbocycles. The zero-order valence-electron chi connectivity index (χ0n) is 15.5. The van der Waals surface area contributed by atoms with Gasteiger partial charge in [-0.15, -0.1) is 0 Å². The number of imidazole rings is 1. The number of pyridine rings is 1. The average Bonchev–Trinajstić information content (AvgIpc) is 3.21. The zero-order valence-corrected chi connectivity index (χ0v) is 15.5. The number of para-hydroxylation sites is 2. The smallest absolute Gasteiger partial charge is 0.274 e. The standard InChI is InChI=1S/C20H19FN4O3/c1-12-7-8-24-16(9-12)23-18(19(24)21)20(27)22-13-10-17(26)25(11-13)14-5-3-4-6-15(14)28-2/h3-9,13H,10-11H2,1-2H3,(H,22,27)/t13-/m1/s1. The van der Waals surface area contributed by atoms with Crippen molar-refractivity contribution in [3.05, 3.63) is 59.8 Å². The van der Waals surface area contributed by atoms with Gasteiger partial charge in [0.1, 0.15) is 11.4 Å². The maximum absolute atomic E-state index is 14.5. The maximum Gasteiger partial charge on any atom is 0.274 e. The number of ether oxygens (including phenoxy) is 1. The summed E-state index contributed by atoms with van der Waals surface area (Å²) in [6.45, 7) is 2.14. The summed E-state index contributed by atoms with van der Waals surface area (Å²) >= 11 is 0. The van der Waals surface area contributed by atoms with E-state index in [-0.39, 0.29) is 24.6 Å². The van der Waals surface area contributed by atoms with Gasteiger partial charge < -0.3 is 15.0 Å². The molecule has 2 amide bonds. The fraction of sp³-hybridized carbons (Fsp3) is 0.250. The Morgan fingerprint density at radius 1 is 1.32 bits per heavy atom. The molecule has 3 heterocycles. The van der Waals surface area contributed by atoms with Gasteiger partial charge in [0, 0.05) is 19.2 Å². The lowest BCUT2D eigenvalue weighted by Crippen LogP contribution is -2.37. The highest BCUT2D eigenvalue weighted by Crippen LogP contribution is 2.31. The molecule has 0 bridgehead atoms. The molecule has 144 valence electrons. The number of nitrogens with zero attached hydrogens (tertiary/aromatic N) is 3. The fourth-order valence-electron chi connectivity index (χ4n) is 3.40. The summed E-state index contributed by atoms with van der Waals surface area (Å²) in [5, 5.41) is 2.72. The van der Waals surface area contributed by atoms with Gasteiger partial charge >= 0.3 is 0 Å². The fourth-order valence-corrected chi connectivity index (χ4v) is 3.40. The average molecular weight is 382 g/mol. The first-order valence-corrected chi connectivity index (χ1v) is 8.86. The van der Waals surface area contributed by atoms with Gasteiger partial charge in [-0.2, -0.15) is 4.39 Å². The Morgan fingerprint density at radius 2 is 2.11 bits per heavy atom. The number of amides is 2. The molecule has 7 nitrogen and oxygen atoms in total. The van der Waals surface area contributed by atoms with Crippen LogP contribution in [0.1, 0.15) is 22.5 Å². The molecule has 1 N–H and O–H groups in total. The lowest BCUT2D eigenvalue weighted by Gasteiger charge is -2.19. The monoisotopic (exact) mass is 382 g/mol. The molecule has 3 aromatic rings. The largest absolute Gasteiger partial charge is 0.495 e. The summed E-state index contributed by atoms with van der Waals surface area (Å²) < 4.78 is 21.1. The quantitative estimate of drug-likeness (QED) is 0.751. The van der Waals surface area contributed by atoms with Crippen LogP contribution in [0.3, 0.4) is 0 Å². The SMILES string of the molecule is COc1ccccc1N1C[C@H](NC(=O)c2nc3cc(C)ccn3c2F)CC1=O. The number of carbonyl (C=O) groups is 2. The highest BCUT2D eigenvalue weighted by Gasteiger charge is 2.34. The number of anilines is 1. The molecular formula is C20H19FN4O3. The molecule has 8 heteroatoms. The number of rotatable bonds is 4. The number of halogens is 1. The Morgan fingerprint density at radius 3 is 2.89 bits per heavy atom. The van der Waals surface area contributed by atoms with Gasteiger partial charge in [-0.25, -0.2) is 4.98 Å². The molecule has 0 radical (unpaired) electrons. The number of nitrogens with one attached hydrogen (secondary N) is 1. The zero-order chi connectivity index (χ0) is 19.8. The van der Waals surface area contributed by atoms with E-state index in [1.54, 1.807) is 29.2 Å². The van der Waals surface area contributed by atoms with Crippen molar-refractivity contribution in [2.75, 3.05) is 18.6 Å². The van der Waals surface area contributed by atoms with E-state index in [0.717, 1.165) is 5.56 Å². The van der Waals surface area contributed by atoms with E-state index in [0.29, 0.717) is 17.1 Å². The third-order valence-electron chi connectivity index (χ3n) is 4.77. The Balaban J connectivity index is 1.53. The number of benzene rings is 1. The molecule has 28 heavy (non-hydrogen) atoms. The minimum atomic E-state index is -0.724. The first-order chi connectivity index (χ1) is 13.5. The predicted molar refractivity (Wildman–Crippen MR) is 101 cm³/mol. The van der Waals surface area contributed by atoms with Crippen molar-refractivity contribution in [2.24, 2.45) is 0 Å². The summed E-state index contributed by atoms with van der Waals surface area (Å²) in [5.41, 5.74) is 1.63. The first kappa shape index (κ1) is 18.0. The van der Waals surface area contributed by atoms with Crippen molar-refractivity contribution in [2.45, 2.75) is 19.4 Å². The molecule has 1 aliphatic rings. The van der Waals surface area contributed by atoms with Crippen molar-refractivity contribution in [1.29, 1.82) is 0 Å². The van der Waals surface area contributed by atoms with Gasteiger partial charge in [-0.1, -0.05) is 12.1 Å². The van der Waals surface area contributed by atoms with Crippen LogP contribution >= 0.6 is 0 Å². The number of aryl methyl sites for hydroxylation is 1. The highest BCUT2D eigenvalue weighted by molar-refractivity contribution is 5.99. The Labute approximate surface area is 160 Å². The Bertz CT molecular complexity index is 1080. The van der Waals surface area contributed by atoms with E-state index in [4.69, 9.17) is 4.74 Å². The minimum Gasteiger partial charge on any atom is -0.495 e. The second-order valence-corrected chi connectivity index (χ2v) is 6.73. The molecular weight excluding hydrogens is 363 g/mol. The minimum absolute atomic E-state index is 0.123. The van der Waals surface area contributed by atoms with Gasteiger partial charge in [0.15, 0.2) is 5.69 Å². The van der Waals surface area contributed by atoms with Gasteiger partial charge in [0.05, 0.1) is 18.8 Å². The number of hydrogen-bond acceptors (Lipinski definition) is 4. The Hall–Kier alpha value is -3.42. The van der Waals surface area contributed by atoms with Crippen LogP contribution in [-0.2, 0) is 4.79 Å². The van der Waals surface area contributed by atoms with E-state index in [1.165, 1.54) is 17.7 Å². The van der Waals surface area contributed by atoms with Crippen LogP contribution in [0, 0.1) is 12.9 Å². The van der Waals surface area contributed by atoms with E-state index in [2.05, 4.69) is 10.3 Å². The molecule has 1 saturated heterocycles. The summed E-state index contributed by atoms with van der Waals surface area (Å²) in [6, 6.07) is 10.2. The number of carbonyl (C=O) groups excluding carboxylic acids is 2. The van der Waals surface area contributed by atoms with Crippen LogP contribution in [-0.4, -0.2) is 40.9 Å². The van der Waals surface area contributed by atoms with Gasteiger partial charge in [-0.3, -0.25) is 14.0 Å². The van der Waals surface area contributed by atoms with Crippen LogP contribution < -0.4 is 15.0 Å². The molecule has 1 fully saturated rings. The number of aromatic nitrogens is 2. The second kappa shape index (κ2) is 6.95. The van der Waals surface area contributed by atoms with E-state index < -0.39 is 17.9 Å². The second-order valence-electron chi connectivity index (χ2n) is 6.73. The first-order valence-electron chi connectivity index (χ1n) is 8.86. The predicted octanol–water partition coefficient (Wildman–Crippen LogP) is 2.33. The Kier molecular flexibility index (Phi) is 4.46. The highest BCUT2D eigenvalue weighted by atomic mass is 19.1. The van der Waals surface area contributed by atoms with Crippen LogP contribution in [0.5, 0.6) is 5.75 Å². The molecule has 0 spiro atoms. The summed E-state index contributed by atoms with van der Waals surface area (Å²) in [5.74, 6) is -0.928. The number of methoxy groups -OCH3 is 1. The van der Waals surface area contributed by atoms with Crippen LogP contribution in [0.2, 0.25) is 0 Å². The molecule has 2 aromatic heterocycles. The third-order valence-corrected chi connectivity index (χ3v) is 4.77. The van der Waals surface area contributed by atoms with Gasteiger partial charge in [0.2, 0.25) is 11.9 Å². The third kappa shape index (κ3) is 3.06. The lowest BCUT2D eigenvalue weighted by molar-refractivity contribution is -0.117. The number of hydrogen-bond donors (Lipinski definition) is 1. The molecule has 4 rings (SSSR count). The van der Waals surface area contributed by atoms with E-state index in [9.17, 15) is 14.0 Å². The van der Waals surface area contributed by atoms with E-state index in [1.807, 2.05) is 19.1 Å². The topological polar surface area (TPSA) is 75.9 Å². The summed E-state index contributed by atoms with van der Waals surface area (Å²) in [7, 11) is 1.53. The van der Waals surface area contributed by atoms with E-state index >= 15 is 0 Å².